The van der Waals surface area contributed by atoms with Gasteiger partial charge in [0, 0.05) is 25.8 Å². The molecular weight excluding hydrogens is 426 g/mol. The van der Waals surface area contributed by atoms with Crippen LogP contribution in [0, 0.1) is 5.92 Å². The zero-order chi connectivity index (χ0) is 21.9. The Morgan fingerprint density at radius 2 is 1.77 bits per heavy atom. The van der Waals surface area contributed by atoms with Gasteiger partial charge in [-0.1, -0.05) is 24.3 Å². The molecule has 1 fully saturated rings. The molecule has 0 saturated carbocycles. The van der Waals surface area contributed by atoms with E-state index < -0.39 is 26.0 Å². The molecule has 3 rings (SSSR count). The van der Waals surface area contributed by atoms with E-state index in [4.69, 9.17) is 0 Å². The molecule has 10 heteroatoms. The van der Waals surface area contributed by atoms with Crippen molar-refractivity contribution < 1.29 is 21.6 Å². The van der Waals surface area contributed by atoms with E-state index in [-0.39, 0.29) is 17.3 Å². The molecule has 0 unspecified atom stereocenters. The van der Waals surface area contributed by atoms with E-state index in [2.05, 4.69) is 5.32 Å². The number of hydrogen-bond acceptors (Lipinski definition) is 5. The van der Waals surface area contributed by atoms with Gasteiger partial charge in [-0.2, -0.15) is 4.31 Å². The van der Waals surface area contributed by atoms with Crippen LogP contribution >= 0.6 is 0 Å². The number of anilines is 2. The van der Waals surface area contributed by atoms with E-state index in [1.165, 1.54) is 11.4 Å². The maximum Gasteiger partial charge on any atom is 0.243 e. The largest absolute Gasteiger partial charge is 0.326 e. The lowest BCUT2D eigenvalue weighted by molar-refractivity contribution is -0.120. The molecule has 1 saturated heterocycles. The Hall–Kier alpha value is -2.43. The first-order valence-electron chi connectivity index (χ1n) is 9.49. The Morgan fingerprint density at radius 1 is 1.07 bits per heavy atom. The molecule has 2 aromatic rings. The van der Waals surface area contributed by atoms with E-state index in [1.807, 2.05) is 0 Å². The van der Waals surface area contributed by atoms with Crippen molar-refractivity contribution in [3.63, 3.8) is 0 Å². The summed E-state index contributed by atoms with van der Waals surface area (Å²) < 4.78 is 51.7. The van der Waals surface area contributed by atoms with Crippen LogP contribution in [0.5, 0.6) is 0 Å². The van der Waals surface area contributed by atoms with Gasteiger partial charge < -0.3 is 5.32 Å². The van der Waals surface area contributed by atoms with Gasteiger partial charge in [0.2, 0.25) is 26.0 Å². The minimum absolute atomic E-state index is 0.103. The molecule has 162 valence electrons. The quantitative estimate of drug-likeness (QED) is 0.725. The predicted octanol–water partition coefficient (Wildman–Crippen LogP) is 2.12. The molecule has 0 aliphatic carbocycles. The van der Waals surface area contributed by atoms with Gasteiger partial charge in [-0.25, -0.2) is 16.8 Å². The van der Waals surface area contributed by atoms with Crippen LogP contribution in [0.15, 0.2) is 59.5 Å². The average Bonchev–Trinajstić information content (AvgIpc) is 2.73. The normalized spacial score (nSPS) is 18.0. The van der Waals surface area contributed by atoms with Gasteiger partial charge in [0.05, 0.1) is 22.8 Å². The topological polar surface area (TPSA) is 104 Å². The molecular formula is C20H25N3O5S2. The Kier molecular flexibility index (Phi) is 6.49. The maximum absolute atomic E-state index is 12.9. The fraction of sp³-hybridized carbons (Fsp3) is 0.350. The lowest BCUT2D eigenvalue weighted by atomic mass is 9.98. The van der Waals surface area contributed by atoms with Crippen molar-refractivity contribution >= 4 is 37.3 Å². The van der Waals surface area contributed by atoms with Gasteiger partial charge in [-0.15, -0.1) is 0 Å². The second-order valence-electron chi connectivity index (χ2n) is 7.29. The van der Waals surface area contributed by atoms with E-state index in [0.717, 1.165) is 10.6 Å². The van der Waals surface area contributed by atoms with Crippen molar-refractivity contribution in [3.8, 4) is 0 Å². The highest BCUT2D eigenvalue weighted by atomic mass is 32.2. The average molecular weight is 452 g/mol. The zero-order valence-electron chi connectivity index (χ0n) is 16.9. The van der Waals surface area contributed by atoms with Crippen LogP contribution in [0.4, 0.5) is 11.4 Å². The van der Waals surface area contributed by atoms with Crippen LogP contribution in [0.25, 0.3) is 0 Å². The molecule has 1 N–H and O–H groups in total. The Morgan fingerprint density at radius 3 is 2.43 bits per heavy atom. The summed E-state index contributed by atoms with van der Waals surface area (Å²) in [7, 11) is -5.65. The van der Waals surface area contributed by atoms with Gasteiger partial charge >= 0.3 is 0 Å². The standard InChI is InChI=1S/C20H25N3O5S2/c1-22(29(2,25)26)18-10-6-9-17(14-18)21-20(24)16-8-7-13-23(15-16)30(27,28)19-11-4-3-5-12-19/h3-6,9-12,14,16H,7-8,13,15H2,1-2H3,(H,21,24)/t16-/m0/s1. The molecule has 0 bridgehead atoms. The van der Waals surface area contributed by atoms with Crippen molar-refractivity contribution in [3.05, 3.63) is 54.6 Å². The van der Waals surface area contributed by atoms with Gasteiger partial charge in [0.15, 0.2) is 0 Å². The summed E-state index contributed by atoms with van der Waals surface area (Å²) in [6.45, 7) is 0.474. The van der Waals surface area contributed by atoms with Crippen LogP contribution in [0.1, 0.15) is 12.8 Å². The number of carbonyl (C=O) groups is 1. The van der Waals surface area contributed by atoms with Gasteiger partial charge in [0.1, 0.15) is 0 Å². The lowest BCUT2D eigenvalue weighted by Gasteiger charge is -2.31. The van der Waals surface area contributed by atoms with Gasteiger partial charge in [-0.3, -0.25) is 9.10 Å². The van der Waals surface area contributed by atoms with E-state index in [1.54, 1.807) is 54.6 Å². The number of amides is 1. The fourth-order valence-corrected chi connectivity index (χ4v) is 5.37. The maximum atomic E-state index is 12.9. The van der Waals surface area contributed by atoms with Crippen LogP contribution < -0.4 is 9.62 Å². The van der Waals surface area contributed by atoms with Crippen LogP contribution in [0.2, 0.25) is 0 Å². The van der Waals surface area contributed by atoms with Crippen molar-refractivity contribution in [1.29, 1.82) is 0 Å². The molecule has 1 atom stereocenters. The van der Waals surface area contributed by atoms with Crippen LogP contribution in [-0.4, -0.2) is 53.4 Å². The summed E-state index contributed by atoms with van der Waals surface area (Å²) >= 11 is 0. The summed E-state index contributed by atoms with van der Waals surface area (Å²) in [6.07, 6.45) is 2.26. The molecule has 8 nitrogen and oxygen atoms in total. The van der Waals surface area contributed by atoms with Crippen LogP contribution in [0.3, 0.4) is 0 Å². The predicted molar refractivity (Wildman–Crippen MR) is 116 cm³/mol. The summed E-state index contributed by atoms with van der Waals surface area (Å²) in [5.41, 5.74) is 0.878. The van der Waals surface area contributed by atoms with E-state index in [0.29, 0.717) is 30.8 Å². The van der Waals surface area contributed by atoms with E-state index >= 15 is 0 Å². The number of benzene rings is 2. The Bertz CT molecular complexity index is 1120. The van der Waals surface area contributed by atoms with Crippen molar-refractivity contribution in [2.45, 2.75) is 17.7 Å². The number of sulfonamides is 2. The SMILES string of the molecule is CN(c1cccc(NC(=O)[C@H]2CCCN(S(=O)(=O)c3ccccc3)C2)c1)S(C)(=O)=O. The molecule has 0 radical (unpaired) electrons. The molecule has 30 heavy (non-hydrogen) atoms. The third-order valence-electron chi connectivity index (χ3n) is 5.11. The smallest absolute Gasteiger partial charge is 0.243 e. The summed E-state index contributed by atoms with van der Waals surface area (Å²) in [5, 5.41) is 2.79. The first-order chi connectivity index (χ1) is 14.1. The Labute approximate surface area is 177 Å². The highest BCUT2D eigenvalue weighted by molar-refractivity contribution is 7.92. The second kappa shape index (κ2) is 8.75. The van der Waals surface area contributed by atoms with Gasteiger partial charge in [0.25, 0.3) is 0 Å². The summed E-state index contributed by atoms with van der Waals surface area (Å²) in [4.78, 5) is 13.0. The molecule has 1 aliphatic heterocycles. The monoisotopic (exact) mass is 451 g/mol. The van der Waals surface area contributed by atoms with Crippen molar-refractivity contribution in [2.75, 3.05) is 36.0 Å². The Balaban J connectivity index is 1.72. The molecule has 2 aromatic carbocycles. The molecule has 1 amide bonds. The minimum Gasteiger partial charge on any atom is -0.326 e. The number of carbonyl (C=O) groups excluding carboxylic acids is 1. The lowest BCUT2D eigenvalue weighted by Crippen LogP contribution is -2.43. The molecule has 1 heterocycles. The first-order valence-corrected chi connectivity index (χ1v) is 12.8. The molecule has 0 spiro atoms. The second-order valence-corrected chi connectivity index (χ2v) is 11.2. The van der Waals surface area contributed by atoms with Crippen molar-refractivity contribution in [1.82, 2.24) is 4.31 Å². The van der Waals surface area contributed by atoms with Crippen molar-refractivity contribution in [2.24, 2.45) is 5.92 Å². The first kappa shape index (κ1) is 22.3. The molecule has 0 aromatic heterocycles. The molecule has 1 aliphatic rings. The summed E-state index contributed by atoms with van der Waals surface area (Å²) in [5.74, 6) is -0.782. The fourth-order valence-electron chi connectivity index (χ4n) is 3.33. The number of piperidine rings is 1. The third-order valence-corrected chi connectivity index (χ3v) is 8.20. The minimum atomic E-state index is -3.66. The highest BCUT2D eigenvalue weighted by Crippen LogP contribution is 2.26. The summed E-state index contributed by atoms with van der Waals surface area (Å²) in [6, 6.07) is 14.7. The van der Waals surface area contributed by atoms with Gasteiger partial charge in [-0.05, 0) is 43.2 Å². The number of hydrogen-bond donors (Lipinski definition) is 1. The number of rotatable bonds is 6. The zero-order valence-corrected chi connectivity index (χ0v) is 18.5. The number of nitrogens with one attached hydrogen (secondary N) is 1. The highest BCUT2D eigenvalue weighted by Gasteiger charge is 2.33. The van der Waals surface area contributed by atoms with Crippen LogP contribution in [-0.2, 0) is 24.8 Å². The third kappa shape index (κ3) is 5.00. The van der Waals surface area contributed by atoms with E-state index in [9.17, 15) is 21.6 Å². The number of nitrogens with zero attached hydrogens (tertiary/aromatic N) is 2.